The first-order valence-electron chi connectivity index (χ1n) is 9.48. The maximum Gasteiger partial charge on any atom is 0.226 e. The number of ether oxygens (including phenoxy) is 4. The average molecular weight is 409 g/mol. The SMILES string of the molecule is COc1cc(C2CC(=O)Nc3n[nH]cc32)ccc1OCc1cccc(OC)c1OC. The zero-order valence-electron chi connectivity index (χ0n) is 17.0. The number of rotatable bonds is 7. The van der Waals surface area contributed by atoms with E-state index in [0.717, 1.165) is 16.7 Å². The van der Waals surface area contributed by atoms with Crippen molar-refractivity contribution >= 4 is 11.7 Å². The minimum absolute atomic E-state index is 0.0657. The molecule has 1 aromatic heterocycles. The van der Waals surface area contributed by atoms with Crippen molar-refractivity contribution in [2.45, 2.75) is 18.9 Å². The van der Waals surface area contributed by atoms with E-state index in [-0.39, 0.29) is 18.4 Å². The third-order valence-electron chi connectivity index (χ3n) is 5.15. The van der Waals surface area contributed by atoms with Gasteiger partial charge in [0.2, 0.25) is 5.91 Å². The molecule has 1 amide bonds. The molecule has 1 atom stereocenters. The van der Waals surface area contributed by atoms with Crippen molar-refractivity contribution in [1.82, 2.24) is 10.2 Å². The molecule has 0 aliphatic carbocycles. The smallest absolute Gasteiger partial charge is 0.226 e. The van der Waals surface area contributed by atoms with E-state index in [1.807, 2.05) is 42.6 Å². The van der Waals surface area contributed by atoms with Gasteiger partial charge >= 0.3 is 0 Å². The largest absolute Gasteiger partial charge is 0.493 e. The second-order valence-corrected chi connectivity index (χ2v) is 6.85. The first-order valence-corrected chi connectivity index (χ1v) is 9.48. The van der Waals surface area contributed by atoms with Crippen molar-refractivity contribution in [3.63, 3.8) is 0 Å². The summed E-state index contributed by atoms with van der Waals surface area (Å²) >= 11 is 0. The lowest BCUT2D eigenvalue weighted by Gasteiger charge is -2.23. The third-order valence-corrected chi connectivity index (χ3v) is 5.15. The molecule has 0 spiro atoms. The van der Waals surface area contributed by atoms with Crippen molar-refractivity contribution in [2.75, 3.05) is 26.6 Å². The number of hydrogen-bond acceptors (Lipinski definition) is 6. The molecule has 0 saturated carbocycles. The summed E-state index contributed by atoms with van der Waals surface area (Å²) in [7, 11) is 4.79. The lowest BCUT2D eigenvalue weighted by atomic mass is 9.87. The maximum atomic E-state index is 12.1. The second kappa shape index (κ2) is 8.36. The monoisotopic (exact) mass is 409 g/mol. The summed E-state index contributed by atoms with van der Waals surface area (Å²) in [6.07, 6.45) is 2.16. The highest BCUT2D eigenvalue weighted by Crippen LogP contribution is 2.40. The number of carbonyl (C=O) groups is 1. The van der Waals surface area contributed by atoms with E-state index in [2.05, 4.69) is 15.5 Å². The standard InChI is InChI=1S/C22H23N3O5/c1-27-18-6-4-5-14(21(18)29-3)12-30-17-8-7-13(9-19(17)28-2)15-10-20(26)24-22-16(15)11-23-25-22/h4-9,11,15H,10,12H2,1-3H3,(H2,23,24,25,26). The maximum absolute atomic E-state index is 12.1. The molecule has 8 heteroatoms. The first-order chi connectivity index (χ1) is 14.6. The third kappa shape index (κ3) is 3.63. The predicted octanol–water partition coefficient (Wildman–Crippen LogP) is 3.49. The Labute approximate surface area is 174 Å². The highest BCUT2D eigenvalue weighted by molar-refractivity contribution is 5.94. The van der Waals surface area contributed by atoms with Gasteiger partial charge in [0.25, 0.3) is 0 Å². The number of carbonyl (C=O) groups excluding carboxylic acids is 1. The van der Waals surface area contributed by atoms with E-state index in [0.29, 0.717) is 35.2 Å². The van der Waals surface area contributed by atoms with Gasteiger partial charge in [0.15, 0.2) is 28.8 Å². The molecular weight excluding hydrogens is 386 g/mol. The molecule has 3 aromatic rings. The highest BCUT2D eigenvalue weighted by Gasteiger charge is 2.29. The Bertz CT molecular complexity index is 1060. The summed E-state index contributed by atoms with van der Waals surface area (Å²) in [4.78, 5) is 12.1. The Balaban J connectivity index is 1.58. The molecule has 2 N–H and O–H groups in total. The van der Waals surface area contributed by atoms with Crippen molar-refractivity contribution in [1.29, 1.82) is 0 Å². The Morgan fingerprint density at radius 2 is 1.87 bits per heavy atom. The number of aromatic nitrogens is 2. The molecule has 0 saturated heterocycles. The summed E-state index contributed by atoms with van der Waals surface area (Å²) < 4.78 is 22.4. The zero-order valence-corrected chi connectivity index (χ0v) is 17.0. The summed E-state index contributed by atoms with van der Waals surface area (Å²) in [6.45, 7) is 0.286. The van der Waals surface area contributed by atoms with Gasteiger partial charge in [-0.25, -0.2) is 0 Å². The topological polar surface area (TPSA) is 94.7 Å². The van der Waals surface area contributed by atoms with Crippen molar-refractivity contribution in [3.05, 3.63) is 59.3 Å². The number of H-pyrrole nitrogens is 1. The van der Waals surface area contributed by atoms with Crippen molar-refractivity contribution < 1.29 is 23.7 Å². The molecule has 30 heavy (non-hydrogen) atoms. The van der Waals surface area contributed by atoms with Gasteiger partial charge in [-0.2, -0.15) is 5.10 Å². The Hall–Kier alpha value is -3.68. The molecular formula is C22H23N3O5. The van der Waals surface area contributed by atoms with Gasteiger partial charge < -0.3 is 24.3 Å². The van der Waals surface area contributed by atoms with E-state index in [1.165, 1.54) is 0 Å². The van der Waals surface area contributed by atoms with E-state index in [4.69, 9.17) is 18.9 Å². The summed E-state index contributed by atoms with van der Waals surface area (Å²) in [6, 6.07) is 11.3. The van der Waals surface area contributed by atoms with Crippen LogP contribution in [0.25, 0.3) is 0 Å². The summed E-state index contributed by atoms with van der Waals surface area (Å²) in [5.41, 5.74) is 2.76. The van der Waals surface area contributed by atoms with Crippen LogP contribution in [0.4, 0.5) is 5.82 Å². The molecule has 8 nitrogen and oxygen atoms in total. The Morgan fingerprint density at radius 3 is 2.63 bits per heavy atom. The molecule has 2 aromatic carbocycles. The fourth-order valence-electron chi connectivity index (χ4n) is 3.68. The summed E-state index contributed by atoms with van der Waals surface area (Å²) in [5.74, 6) is 2.87. The molecule has 1 unspecified atom stereocenters. The Kier molecular flexibility index (Phi) is 5.47. The lowest BCUT2D eigenvalue weighted by molar-refractivity contribution is -0.116. The van der Waals surface area contributed by atoms with Gasteiger partial charge in [-0.15, -0.1) is 0 Å². The van der Waals surface area contributed by atoms with Gasteiger partial charge in [-0.05, 0) is 23.8 Å². The number of nitrogens with zero attached hydrogens (tertiary/aromatic N) is 1. The quantitative estimate of drug-likeness (QED) is 0.620. The molecule has 2 heterocycles. The van der Waals surface area contributed by atoms with Crippen LogP contribution >= 0.6 is 0 Å². The second-order valence-electron chi connectivity index (χ2n) is 6.85. The van der Waals surface area contributed by atoms with Crippen LogP contribution in [0.2, 0.25) is 0 Å². The van der Waals surface area contributed by atoms with Crippen LogP contribution in [0.1, 0.15) is 29.0 Å². The number of aromatic amines is 1. The van der Waals surface area contributed by atoms with Gasteiger partial charge in [0.05, 0.1) is 21.3 Å². The molecule has 156 valence electrons. The molecule has 1 aliphatic rings. The van der Waals surface area contributed by atoms with Crippen LogP contribution in [-0.2, 0) is 11.4 Å². The van der Waals surface area contributed by atoms with Crippen LogP contribution in [-0.4, -0.2) is 37.4 Å². The highest BCUT2D eigenvalue weighted by atomic mass is 16.5. The minimum atomic E-state index is -0.103. The molecule has 1 aliphatic heterocycles. The van der Waals surface area contributed by atoms with Crippen molar-refractivity contribution in [2.24, 2.45) is 0 Å². The molecule has 4 rings (SSSR count). The van der Waals surface area contributed by atoms with Crippen molar-refractivity contribution in [3.8, 4) is 23.0 Å². The number of nitrogens with one attached hydrogen (secondary N) is 2. The van der Waals surface area contributed by atoms with E-state index in [1.54, 1.807) is 21.3 Å². The molecule has 0 bridgehead atoms. The number of methoxy groups -OCH3 is 3. The molecule has 0 radical (unpaired) electrons. The lowest BCUT2D eigenvalue weighted by Crippen LogP contribution is -2.23. The normalized spacial score (nSPS) is 15.2. The fourth-order valence-corrected chi connectivity index (χ4v) is 3.68. The molecule has 0 fully saturated rings. The minimum Gasteiger partial charge on any atom is -0.493 e. The zero-order chi connectivity index (χ0) is 21.1. The van der Waals surface area contributed by atoms with Gasteiger partial charge in [-0.1, -0.05) is 18.2 Å². The van der Waals surface area contributed by atoms with Crippen LogP contribution in [0.5, 0.6) is 23.0 Å². The average Bonchev–Trinajstić information content (AvgIpc) is 3.24. The fraction of sp³-hybridized carbons (Fsp3) is 0.273. The van der Waals surface area contributed by atoms with E-state index >= 15 is 0 Å². The first kappa shape index (κ1) is 19.6. The number of para-hydroxylation sites is 1. The number of anilines is 1. The van der Waals surface area contributed by atoms with Crippen LogP contribution < -0.4 is 24.3 Å². The van der Waals surface area contributed by atoms with E-state index < -0.39 is 0 Å². The van der Waals surface area contributed by atoms with Crippen LogP contribution in [0.3, 0.4) is 0 Å². The van der Waals surface area contributed by atoms with Gasteiger partial charge in [-0.3, -0.25) is 9.89 Å². The van der Waals surface area contributed by atoms with Gasteiger partial charge in [0, 0.05) is 29.7 Å². The van der Waals surface area contributed by atoms with Gasteiger partial charge in [0.1, 0.15) is 6.61 Å². The number of hydrogen-bond donors (Lipinski definition) is 2. The van der Waals surface area contributed by atoms with E-state index in [9.17, 15) is 4.79 Å². The Morgan fingerprint density at radius 1 is 1.03 bits per heavy atom. The number of benzene rings is 2. The number of amides is 1. The number of fused-ring (bicyclic) bond motifs is 1. The van der Waals surface area contributed by atoms with Crippen LogP contribution in [0.15, 0.2) is 42.6 Å². The van der Waals surface area contributed by atoms with Crippen LogP contribution in [0, 0.1) is 0 Å². The predicted molar refractivity (Wildman–Crippen MR) is 111 cm³/mol. The summed E-state index contributed by atoms with van der Waals surface area (Å²) in [5, 5.41) is 9.70.